The molecule has 380 valence electrons. The average molecular weight is 993 g/mol. The van der Waals surface area contributed by atoms with Crippen molar-refractivity contribution in [1.82, 2.24) is 54.9 Å². The van der Waals surface area contributed by atoms with Gasteiger partial charge in [-0.05, 0) is 88.3 Å². The number of nitrogens with one attached hydrogen (secondary N) is 2. The second kappa shape index (κ2) is 19.3. The molecular weight excluding hydrogens is 935 g/mol. The van der Waals surface area contributed by atoms with Crippen LogP contribution in [0.25, 0.3) is 33.8 Å². The van der Waals surface area contributed by atoms with Gasteiger partial charge in [-0.15, -0.1) is 0 Å². The first-order chi connectivity index (χ1) is 34.8. The molecule has 23 heteroatoms. The number of likely N-dealkylation sites (tertiary alicyclic amines) is 2. The highest BCUT2D eigenvalue weighted by molar-refractivity contribution is 6.02. The zero-order chi connectivity index (χ0) is 49.8. The fourth-order valence-electron chi connectivity index (χ4n) is 11.0. The summed E-state index contributed by atoms with van der Waals surface area (Å²) >= 11 is 0. The topological polar surface area (TPSA) is 245 Å². The lowest BCUT2D eigenvalue weighted by Crippen LogP contribution is -2.59. The number of aromatic nitrogens is 7. The van der Waals surface area contributed by atoms with Crippen LogP contribution in [0.2, 0.25) is 0 Å². The van der Waals surface area contributed by atoms with Gasteiger partial charge < -0.3 is 39.7 Å². The Kier molecular flexibility index (Phi) is 12.7. The quantitative estimate of drug-likeness (QED) is 0.144. The zero-order valence-electron chi connectivity index (χ0n) is 40.3. The summed E-state index contributed by atoms with van der Waals surface area (Å²) in [6.07, 6.45) is 9.79. The van der Waals surface area contributed by atoms with Gasteiger partial charge in [-0.25, -0.2) is 38.2 Å². The number of nitrogens with two attached hydrogens (primary N) is 1. The lowest BCUT2D eigenvalue weighted by Gasteiger charge is -2.50. The van der Waals surface area contributed by atoms with Crippen molar-refractivity contribution in [1.29, 1.82) is 0 Å². The largest absolute Gasteiger partial charge is 0.439 e. The third-order valence-electron chi connectivity index (χ3n) is 15.7. The van der Waals surface area contributed by atoms with Crippen LogP contribution in [-0.2, 0) is 23.9 Å². The van der Waals surface area contributed by atoms with E-state index >= 15 is 8.78 Å². The van der Waals surface area contributed by atoms with E-state index in [-0.39, 0.29) is 77.8 Å². The molecule has 0 spiro atoms. The number of nitrogens with zero attached hydrogens (tertiary/aromatic N) is 11. The highest BCUT2D eigenvalue weighted by atomic mass is 19.1. The summed E-state index contributed by atoms with van der Waals surface area (Å²) < 4.78 is 49.6. The number of rotatable bonds is 12. The molecule has 21 nitrogen and oxygen atoms in total. The van der Waals surface area contributed by atoms with Crippen molar-refractivity contribution in [3.63, 3.8) is 0 Å². The number of anilines is 3. The number of imide groups is 1. The molecule has 1 atom stereocenters. The molecule has 5 saturated heterocycles. The fraction of sp³-hybridized carbons (Fsp3) is 0.551. The van der Waals surface area contributed by atoms with E-state index in [4.69, 9.17) is 34.8 Å². The molecule has 9 heterocycles. The van der Waals surface area contributed by atoms with Crippen LogP contribution >= 0.6 is 0 Å². The van der Waals surface area contributed by atoms with Gasteiger partial charge in [0.2, 0.25) is 11.8 Å². The Labute approximate surface area is 413 Å². The van der Waals surface area contributed by atoms with Gasteiger partial charge in [0.15, 0.2) is 35.5 Å². The van der Waals surface area contributed by atoms with Crippen molar-refractivity contribution in [2.24, 2.45) is 5.92 Å². The highest BCUT2D eigenvalue weighted by Gasteiger charge is 2.41. The van der Waals surface area contributed by atoms with E-state index in [0.717, 1.165) is 37.0 Å². The summed E-state index contributed by atoms with van der Waals surface area (Å²) in [5, 5.41) is 15.1. The van der Waals surface area contributed by atoms with E-state index in [0.29, 0.717) is 112 Å². The van der Waals surface area contributed by atoms with Crippen molar-refractivity contribution in [3.8, 4) is 22.8 Å². The number of halogens is 2. The van der Waals surface area contributed by atoms with Gasteiger partial charge in [0, 0.05) is 88.3 Å². The minimum absolute atomic E-state index is 0.0162. The molecule has 4 N–H and O–H groups in total. The molecule has 5 aromatic rings. The van der Waals surface area contributed by atoms with Gasteiger partial charge in [-0.1, -0.05) is 5.16 Å². The van der Waals surface area contributed by atoms with Gasteiger partial charge in [0.05, 0.1) is 24.2 Å². The Balaban J connectivity index is 0.639. The number of nitrogen functional groups attached to an aromatic ring is 1. The van der Waals surface area contributed by atoms with Crippen LogP contribution in [0, 0.1) is 17.6 Å². The predicted molar refractivity (Wildman–Crippen MR) is 256 cm³/mol. The first kappa shape index (κ1) is 47.4. The van der Waals surface area contributed by atoms with Gasteiger partial charge in [-0.3, -0.25) is 24.6 Å². The first-order valence-electron chi connectivity index (χ1n) is 25.0. The molecule has 6 aliphatic rings. The van der Waals surface area contributed by atoms with Crippen molar-refractivity contribution in [3.05, 3.63) is 53.8 Å². The molecule has 72 heavy (non-hydrogen) atoms. The number of ether oxygens (including phenoxy) is 2. The number of benzene rings is 1. The Morgan fingerprint density at radius 2 is 1.56 bits per heavy atom. The summed E-state index contributed by atoms with van der Waals surface area (Å²) in [6, 6.07) is 1.65. The number of carbonyl (C=O) groups excluding carboxylic acids is 4. The maximum Gasteiger partial charge on any atom is 0.410 e. The Morgan fingerprint density at radius 1 is 0.861 bits per heavy atom. The number of piperazine rings is 1. The molecular formula is C49H58F2N14O7. The summed E-state index contributed by atoms with van der Waals surface area (Å²) in [6.45, 7) is 9.10. The van der Waals surface area contributed by atoms with Crippen LogP contribution in [0.4, 0.5) is 30.8 Å². The van der Waals surface area contributed by atoms with Crippen molar-refractivity contribution in [2.75, 3.05) is 88.1 Å². The van der Waals surface area contributed by atoms with Crippen LogP contribution < -0.4 is 21.3 Å². The molecule has 1 aliphatic carbocycles. The molecule has 4 aromatic heterocycles. The summed E-state index contributed by atoms with van der Waals surface area (Å²) in [7, 11) is 0. The van der Waals surface area contributed by atoms with Crippen molar-refractivity contribution < 1.29 is 42.0 Å². The predicted octanol–water partition coefficient (Wildman–Crippen LogP) is 4.62. The third-order valence-corrected chi connectivity index (χ3v) is 15.7. The maximum atomic E-state index is 15.4. The van der Waals surface area contributed by atoms with Crippen LogP contribution in [0.3, 0.4) is 0 Å². The smallest absolute Gasteiger partial charge is 0.410 e. The van der Waals surface area contributed by atoms with Crippen LogP contribution in [0.15, 0.2) is 35.4 Å². The number of hydrogen-bond donors (Lipinski definition) is 3. The van der Waals surface area contributed by atoms with Crippen LogP contribution in [0.1, 0.15) is 94.4 Å². The van der Waals surface area contributed by atoms with Crippen LogP contribution in [0.5, 0.6) is 0 Å². The molecule has 1 unspecified atom stereocenters. The highest BCUT2D eigenvalue weighted by Crippen LogP contribution is 2.48. The van der Waals surface area contributed by atoms with E-state index in [9.17, 15) is 19.2 Å². The van der Waals surface area contributed by atoms with E-state index in [2.05, 4.69) is 44.5 Å². The number of carbonyl (C=O) groups is 4. The van der Waals surface area contributed by atoms with E-state index < -0.39 is 29.7 Å². The number of amides is 4. The zero-order valence-corrected chi connectivity index (χ0v) is 40.3. The molecule has 0 radical (unpaired) electrons. The SMILES string of the molecule is CC(C)(C1CCN(C(=O)COC(=O)N2CCC(c3cnc(-c4c(-c5nn(C6COC6)c6ncnc(N)c56)noc4C4CC4)nc3)CC2)CC1)N1CCN(c2c(F)cc(NC3CCC(=O)NC3=O)cc2F)CC1. The monoisotopic (exact) mass is 992 g/mol. The molecule has 11 rings (SSSR count). The molecule has 6 fully saturated rings. The third kappa shape index (κ3) is 9.15. The van der Waals surface area contributed by atoms with Gasteiger partial charge in [-0.2, -0.15) is 5.10 Å². The lowest BCUT2D eigenvalue weighted by atomic mass is 9.78. The number of hydrogen-bond acceptors (Lipinski definition) is 17. The summed E-state index contributed by atoms with van der Waals surface area (Å²) in [5.74, 6) is -0.490. The minimum Gasteiger partial charge on any atom is -0.439 e. The standard InChI is InChI=1S/C49H58F2N14O7/c1-49(2,64-17-15-62(16-18-64)42-33(50)19-31(20-34(42)51)57-35-5-6-36(66)58-47(35)68)30-9-13-61(14-10-30)37(67)25-71-48(69)63-11-7-27(8-12-63)29-21-53-45(54-22-29)38-41(60-72-43(38)28-3-4-28)40-39-44(52)55-26-56-46(39)65(59-40)32-23-70-24-32/h19-22,26-28,30,32,35,57H,3-18,23-25H2,1-2H3,(H2,52,55,56)(H,58,66,68). The van der Waals surface area contributed by atoms with Crippen molar-refractivity contribution >= 4 is 52.0 Å². The maximum absolute atomic E-state index is 15.4. The first-order valence-corrected chi connectivity index (χ1v) is 25.0. The van der Waals surface area contributed by atoms with Crippen molar-refractivity contribution in [2.45, 2.75) is 94.7 Å². The van der Waals surface area contributed by atoms with E-state index in [1.165, 1.54) is 18.5 Å². The van der Waals surface area contributed by atoms with Gasteiger partial charge in [0.25, 0.3) is 5.91 Å². The summed E-state index contributed by atoms with van der Waals surface area (Å²) in [4.78, 5) is 76.1. The fourth-order valence-corrected chi connectivity index (χ4v) is 11.0. The Morgan fingerprint density at radius 3 is 2.21 bits per heavy atom. The molecule has 1 saturated carbocycles. The number of fused-ring (bicyclic) bond motifs is 1. The second-order valence-electron chi connectivity index (χ2n) is 20.4. The summed E-state index contributed by atoms with van der Waals surface area (Å²) in [5.41, 5.74) is 9.43. The van der Waals surface area contributed by atoms with Gasteiger partial charge in [0.1, 0.15) is 41.3 Å². The average Bonchev–Trinajstić information content (AvgIpc) is 4.01. The molecule has 1 aromatic carbocycles. The molecule has 5 aliphatic heterocycles. The minimum atomic E-state index is -0.752. The van der Waals surface area contributed by atoms with E-state index in [1.807, 2.05) is 17.1 Å². The Bertz CT molecular complexity index is 2860. The molecule has 0 bridgehead atoms. The molecule has 4 amide bonds. The number of piperidine rings is 3. The van der Waals surface area contributed by atoms with Gasteiger partial charge >= 0.3 is 6.09 Å². The van der Waals surface area contributed by atoms with Crippen LogP contribution in [-0.4, -0.2) is 157 Å². The second-order valence-corrected chi connectivity index (χ2v) is 20.4. The Hall–Kier alpha value is -6.88. The normalized spacial score (nSPS) is 21.0. The van der Waals surface area contributed by atoms with E-state index in [1.54, 1.807) is 14.7 Å². The lowest BCUT2D eigenvalue weighted by molar-refractivity contribution is -0.137.